The molecular formula is C21H27NO2. The van der Waals surface area contributed by atoms with Crippen LogP contribution >= 0.6 is 0 Å². The van der Waals surface area contributed by atoms with Gasteiger partial charge in [0.25, 0.3) is 5.91 Å². The lowest BCUT2D eigenvalue weighted by atomic mass is 10.1. The van der Waals surface area contributed by atoms with Gasteiger partial charge in [-0.05, 0) is 69.4 Å². The lowest BCUT2D eigenvalue weighted by Crippen LogP contribution is -2.36. The molecule has 24 heavy (non-hydrogen) atoms. The van der Waals surface area contributed by atoms with Crippen molar-refractivity contribution in [2.24, 2.45) is 0 Å². The van der Waals surface area contributed by atoms with Crippen LogP contribution in [0.4, 0.5) is 0 Å². The van der Waals surface area contributed by atoms with E-state index < -0.39 is 6.10 Å². The molecule has 0 heterocycles. The van der Waals surface area contributed by atoms with Gasteiger partial charge in [0, 0.05) is 6.54 Å². The minimum atomic E-state index is -0.494. The molecule has 2 rings (SSSR count). The van der Waals surface area contributed by atoms with Crippen molar-refractivity contribution in [2.75, 3.05) is 6.54 Å². The Labute approximate surface area is 145 Å². The van der Waals surface area contributed by atoms with Gasteiger partial charge in [0.15, 0.2) is 6.10 Å². The molecule has 0 saturated carbocycles. The third kappa shape index (κ3) is 5.41. The van der Waals surface area contributed by atoms with Gasteiger partial charge in [-0.15, -0.1) is 0 Å². The Morgan fingerprint density at radius 1 is 1.08 bits per heavy atom. The largest absolute Gasteiger partial charge is 0.481 e. The van der Waals surface area contributed by atoms with Crippen LogP contribution < -0.4 is 10.1 Å². The summed E-state index contributed by atoms with van der Waals surface area (Å²) in [6, 6.07) is 14.4. The molecule has 0 bridgehead atoms. The highest BCUT2D eigenvalue weighted by Crippen LogP contribution is 2.17. The molecule has 0 saturated heterocycles. The number of carbonyl (C=O) groups excluding carboxylic acids is 1. The Morgan fingerprint density at radius 3 is 2.58 bits per heavy atom. The van der Waals surface area contributed by atoms with Gasteiger partial charge in [-0.25, -0.2) is 0 Å². The summed E-state index contributed by atoms with van der Waals surface area (Å²) in [6.45, 7) is 8.64. The van der Waals surface area contributed by atoms with Crippen molar-refractivity contribution in [1.29, 1.82) is 0 Å². The number of ether oxygens (including phenoxy) is 1. The number of amides is 1. The van der Waals surface area contributed by atoms with Crippen molar-refractivity contribution < 1.29 is 9.53 Å². The van der Waals surface area contributed by atoms with Gasteiger partial charge >= 0.3 is 0 Å². The number of aryl methyl sites for hydroxylation is 4. The molecule has 128 valence electrons. The average Bonchev–Trinajstić information content (AvgIpc) is 2.55. The van der Waals surface area contributed by atoms with E-state index >= 15 is 0 Å². The Bertz CT molecular complexity index is 694. The molecule has 0 unspecified atom stereocenters. The SMILES string of the molecule is Cc1cccc(CCCNC(=O)[C@@H](C)Oc2ccc(C)c(C)c2)c1. The molecule has 0 aromatic heterocycles. The first-order valence-electron chi connectivity index (χ1n) is 8.53. The van der Waals surface area contributed by atoms with Crippen LogP contribution in [0, 0.1) is 20.8 Å². The maximum Gasteiger partial charge on any atom is 0.260 e. The minimum absolute atomic E-state index is 0.0718. The number of rotatable bonds is 7. The zero-order chi connectivity index (χ0) is 17.5. The summed E-state index contributed by atoms with van der Waals surface area (Å²) in [5, 5.41) is 2.95. The number of nitrogens with one attached hydrogen (secondary N) is 1. The van der Waals surface area contributed by atoms with Gasteiger partial charge in [0.1, 0.15) is 5.75 Å². The monoisotopic (exact) mass is 325 g/mol. The first kappa shape index (κ1) is 18.1. The summed E-state index contributed by atoms with van der Waals surface area (Å²) in [4.78, 5) is 12.1. The predicted octanol–water partition coefficient (Wildman–Crippen LogP) is 4.13. The van der Waals surface area contributed by atoms with Crippen LogP contribution in [0.3, 0.4) is 0 Å². The van der Waals surface area contributed by atoms with Gasteiger partial charge in [-0.2, -0.15) is 0 Å². The predicted molar refractivity (Wildman–Crippen MR) is 98.5 cm³/mol. The molecule has 3 nitrogen and oxygen atoms in total. The molecule has 1 atom stereocenters. The van der Waals surface area contributed by atoms with Gasteiger partial charge < -0.3 is 10.1 Å². The zero-order valence-electron chi connectivity index (χ0n) is 15.1. The molecule has 1 amide bonds. The second-order valence-electron chi connectivity index (χ2n) is 6.39. The first-order valence-corrected chi connectivity index (χ1v) is 8.53. The normalized spacial score (nSPS) is 11.8. The standard InChI is InChI=1S/C21H27NO2/c1-15-7-5-8-19(13-15)9-6-12-22-21(23)18(4)24-20-11-10-16(2)17(3)14-20/h5,7-8,10-11,13-14,18H,6,9,12H2,1-4H3,(H,22,23)/t18-/m1/s1. The third-order valence-electron chi connectivity index (χ3n) is 4.18. The fraction of sp³-hybridized carbons (Fsp3) is 0.381. The molecule has 0 aliphatic carbocycles. The fourth-order valence-electron chi connectivity index (χ4n) is 2.56. The van der Waals surface area contributed by atoms with Crippen LogP contribution in [0.1, 0.15) is 35.6 Å². The third-order valence-corrected chi connectivity index (χ3v) is 4.18. The van der Waals surface area contributed by atoms with Gasteiger partial charge in [-0.3, -0.25) is 4.79 Å². The molecule has 0 fully saturated rings. The average molecular weight is 325 g/mol. The van der Waals surface area contributed by atoms with E-state index in [1.807, 2.05) is 25.1 Å². The second-order valence-corrected chi connectivity index (χ2v) is 6.39. The van der Waals surface area contributed by atoms with E-state index in [0.29, 0.717) is 6.54 Å². The molecular weight excluding hydrogens is 298 g/mol. The van der Waals surface area contributed by atoms with Crippen molar-refractivity contribution in [1.82, 2.24) is 5.32 Å². The summed E-state index contributed by atoms with van der Waals surface area (Å²) in [5.41, 5.74) is 4.96. The van der Waals surface area contributed by atoms with Gasteiger partial charge in [0.05, 0.1) is 0 Å². The lowest BCUT2D eigenvalue weighted by molar-refractivity contribution is -0.127. The number of hydrogen-bond donors (Lipinski definition) is 1. The van der Waals surface area contributed by atoms with Crippen molar-refractivity contribution in [3.05, 3.63) is 64.7 Å². The summed E-state index contributed by atoms with van der Waals surface area (Å²) in [5.74, 6) is 0.665. The van der Waals surface area contributed by atoms with Crippen LogP contribution in [0.15, 0.2) is 42.5 Å². The molecule has 2 aromatic rings. The lowest BCUT2D eigenvalue weighted by Gasteiger charge is -2.15. The summed E-state index contributed by atoms with van der Waals surface area (Å²) in [7, 11) is 0. The van der Waals surface area contributed by atoms with Crippen molar-refractivity contribution >= 4 is 5.91 Å². The van der Waals surface area contributed by atoms with Crippen LogP contribution in [0.25, 0.3) is 0 Å². The molecule has 2 aromatic carbocycles. The summed E-state index contributed by atoms with van der Waals surface area (Å²) >= 11 is 0. The van der Waals surface area contributed by atoms with Crippen molar-refractivity contribution in [3.8, 4) is 5.75 Å². The Balaban J connectivity index is 1.74. The van der Waals surface area contributed by atoms with Crippen molar-refractivity contribution in [2.45, 2.75) is 46.6 Å². The van der Waals surface area contributed by atoms with E-state index in [-0.39, 0.29) is 5.91 Å². The smallest absolute Gasteiger partial charge is 0.260 e. The summed E-state index contributed by atoms with van der Waals surface area (Å²) in [6.07, 6.45) is 1.39. The van der Waals surface area contributed by atoms with Gasteiger partial charge in [-0.1, -0.05) is 35.9 Å². The van der Waals surface area contributed by atoms with Crippen LogP contribution in [0.2, 0.25) is 0 Å². The maximum atomic E-state index is 12.1. The Morgan fingerprint density at radius 2 is 1.88 bits per heavy atom. The van der Waals surface area contributed by atoms with E-state index in [0.717, 1.165) is 18.6 Å². The fourth-order valence-corrected chi connectivity index (χ4v) is 2.56. The highest BCUT2D eigenvalue weighted by molar-refractivity contribution is 5.80. The quantitative estimate of drug-likeness (QED) is 0.777. The van der Waals surface area contributed by atoms with Crippen LogP contribution in [-0.2, 0) is 11.2 Å². The summed E-state index contributed by atoms with van der Waals surface area (Å²) < 4.78 is 5.73. The number of benzene rings is 2. The van der Waals surface area contributed by atoms with Crippen LogP contribution in [0.5, 0.6) is 5.75 Å². The maximum absolute atomic E-state index is 12.1. The number of carbonyl (C=O) groups is 1. The highest BCUT2D eigenvalue weighted by atomic mass is 16.5. The van der Waals surface area contributed by atoms with E-state index in [9.17, 15) is 4.79 Å². The van der Waals surface area contributed by atoms with Gasteiger partial charge in [0.2, 0.25) is 0 Å². The highest BCUT2D eigenvalue weighted by Gasteiger charge is 2.14. The van der Waals surface area contributed by atoms with E-state index in [1.54, 1.807) is 6.92 Å². The molecule has 1 N–H and O–H groups in total. The zero-order valence-corrected chi connectivity index (χ0v) is 15.1. The molecule has 3 heteroatoms. The van der Waals surface area contributed by atoms with Crippen molar-refractivity contribution in [3.63, 3.8) is 0 Å². The Kier molecular flexibility index (Phi) is 6.42. The first-order chi connectivity index (χ1) is 11.5. The topological polar surface area (TPSA) is 38.3 Å². The second kappa shape index (κ2) is 8.53. The van der Waals surface area contributed by atoms with E-state index in [4.69, 9.17) is 4.74 Å². The number of hydrogen-bond acceptors (Lipinski definition) is 2. The molecule has 0 radical (unpaired) electrons. The van der Waals surface area contributed by atoms with E-state index in [2.05, 4.69) is 43.4 Å². The molecule has 0 aliphatic heterocycles. The molecule has 0 aliphatic rings. The molecule has 0 spiro atoms. The van der Waals surface area contributed by atoms with Crippen LogP contribution in [-0.4, -0.2) is 18.6 Å². The Hall–Kier alpha value is -2.29. The minimum Gasteiger partial charge on any atom is -0.481 e. The van der Waals surface area contributed by atoms with E-state index in [1.165, 1.54) is 22.3 Å².